The van der Waals surface area contributed by atoms with Gasteiger partial charge < -0.3 is 14.2 Å². The molecule has 6 nitrogen and oxygen atoms in total. The molecule has 0 saturated carbocycles. The van der Waals surface area contributed by atoms with Gasteiger partial charge in [-0.2, -0.15) is 0 Å². The summed E-state index contributed by atoms with van der Waals surface area (Å²) in [5.41, 5.74) is 0. The second kappa shape index (κ2) is 64.6. The Labute approximate surface area is 480 Å². The van der Waals surface area contributed by atoms with Crippen LogP contribution in [0.1, 0.15) is 258 Å². The van der Waals surface area contributed by atoms with Crippen LogP contribution in [0.5, 0.6) is 0 Å². The fourth-order valence-corrected chi connectivity index (χ4v) is 8.09. The van der Waals surface area contributed by atoms with Crippen LogP contribution >= 0.6 is 0 Å². The van der Waals surface area contributed by atoms with Crippen molar-refractivity contribution in [1.82, 2.24) is 0 Å². The summed E-state index contributed by atoms with van der Waals surface area (Å²) < 4.78 is 16.9. The molecule has 78 heavy (non-hydrogen) atoms. The molecule has 0 aliphatic rings. The van der Waals surface area contributed by atoms with Gasteiger partial charge in [0.1, 0.15) is 13.2 Å². The molecule has 1 unspecified atom stereocenters. The van der Waals surface area contributed by atoms with Crippen LogP contribution in [0.2, 0.25) is 0 Å². The van der Waals surface area contributed by atoms with Crippen LogP contribution in [0.25, 0.3) is 0 Å². The van der Waals surface area contributed by atoms with E-state index in [-0.39, 0.29) is 31.1 Å². The van der Waals surface area contributed by atoms with E-state index in [1.54, 1.807) is 0 Å². The van der Waals surface area contributed by atoms with Gasteiger partial charge in [0.15, 0.2) is 6.10 Å². The van der Waals surface area contributed by atoms with Crippen LogP contribution in [-0.4, -0.2) is 37.2 Å². The lowest BCUT2D eigenvalue weighted by Crippen LogP contribution is -2.30. The molecule has 0 aliphatic heterocycles. The SMILES string of the molecule is CC/C=C\C/C=C\C/C=C\C/C=C\C/C=C\C/C=C\C/C=C\C/C=C\CCCCC(=O)OCC(COC(=O)CCCCCCC/C=C\CCCCC)OC(=O)CCCCCCCCCC/C=C\C/C=C\C/C=C\C/C=C\CC. The van der Waals surface area contributed by atoms with Gasteiger partial charge in [-0.1, -0.05) is 249 Å². The first kappa shape index (κ1) is 73.0. The monoisotopic (exact) mass is 1070 g/mol. The van der Waals surface area contributed by atoms with Crippen molar-refractivity contribution in [1.29, 1.82) is 0 Å². The van der Waals surface area contributed by atoms with Gasteiger partial charge in [-0.05, 0) is 148 Å². The minimum atomic E-state index is -0.813. The second-order valence-corrected chi connectivity index (χ2v) is 20.2. The lowest BCUT2D eigenvalue weighted by atomic mass is 10.1. The standard InChI is InChI=1S/C72H114O6/c1-4-7-10-13-16-19-22-25-27-29-31-33-34-35-36-37-38-40-41-43-45-47-50-53-56-59-62-65-71(74)77-68-69(67-76-70(73)64-61-58-55-52-49-24-21-18-15-12-9-6-3)78-72(75)66-63-60-57-54-51-48-46-44-42-39-32-30-28-26-23-20-17-14-11-8-5-2/h7-8,10-11,16-21,25-28,31-33,35-36,38-40,43,45,50,53,69H,4-6,9,12-15,22-24,29-30,34,37,41-42,44,46-49,51-52,54-68H2,1-3H3/b10-7-,11-8-,19-16-,20-17-,21-18-,27-25-,28-26-,33-31-,36-35-,39-32-,40-38-,45-43-,53-50-. The molecule has 0 radical (unpaired) electrons. The molecular weight excluding hydrogens is 961 g/mol. The zero-order valence-corrected chi connectivity index (χ0v) is 50.1. The lowest BCUT2D eigenvalue weighted by Gasteiger charge is -2.18. The average molecular weight is 1080 g/mol. The highest BCUT2D eigenvalue weighted by Gasteiger charge is 2.19. The van der Waals surface area contributed by atoms with E-state index in [0.29, 0.717) is 25.7 Å². The van der Waals surface area contributed by atoms with Gasteiger partial charge in [0, 0.05) is 19.3 Å². The van der Waals surface area contributed by atoms with Crippen molar-refractivity contribution in [3.05, 3.63) is 158 Å². The van der Waals surface area contributed by atoms with Crippen LogP contribution < -0.4 is 0 Å². The van der Waals surface area contributed by atoms with Gasteiger partial charge in [-0.25, -0.2) is 0 Å². The summed E-state index contributed by atoms with van der Waals surface area (Å²) in [7, 11) is 0. The average Bonchev–Trinajstić information content (AvgIpc) is 3.44. The minimum Gasteiger partial charge on any atom is -0.462 e. The minimum absolute atomic E-state index is 0.106. The molecule has 0 spiro atoms. The Balaban J connectivity index is 4.46. The summed E-state index contributed by atoms with van der Waals surface area (Å²) in [5, 5.41) is 0. The Hall–Kier alpha value is -4.97. The zero-order valence-electron chi connectivity index (χ0n) is 50.1. The lowest BCUT2D eigenvalue weighted by molar-refractivity contribution is -0.167. The van der Waals surface area contributed by atoms with Crippen molar-refractivity contribution in [3.63, 3.8) is 0 Å². The summed E-state index contributed by atoms with van der Waals surface area (Å²) in [6.07, 6.45) is 93.9. The Bertz CT molecular complexity index is 1760. The van der Waals surface area contributed by atoms with E-state index in [1.165, 1.54) is 64.2 Å². The topological polar surface area (TPSA) is 78.9 Å². The maximum absolute atomic E-state index is 12.9. The highest BCUT2D eigenvalue weighted by atomic mass is 16.6. The van der Waals surface area contributed by atoms with Crippen molar-refractivity contribution < 1.29 is 28.6 Å². The van der Waals surface area contributed by atoms with E-state index in [0.717, 1.165) is 148 Å². The summed E-state index contributed by atoms with van der Waals surface area (Å²) in [6.45, 7) is 6.33. The largest absolute Gasteiger partial charge is 0.462 e. The third kappa shape index (κ3) is 61.9. The number of esters is 3. The van der Waals surface area contributed by atoms with Gasteiger partial charge >= 0.3 is 17.9 Å². The third-order valence-electron chi connectivity index (χ3n) is 12.7. The maximum atomic E-state index is 12.9. The summed E-state index contributed by atoms with van der Waals surface area (Å²) in [6, 6.07) is 0. The first-order valence-corrected chi connectivity index (χ1v) is 31.5. The Morgan fingerprint density at radius 1 is 0.269 bits per heavy atom. The zero-order chi connectivity index (χ0) is 56.4. The molecule has 0 aromatic carbocycles. The molecule has 438 valence electrons. The fraction of sp³-hybridized carbons (Fsp3) is 0.597. The van der Waals surface area contributed by atoms with Gasteiger partial charge in [0.25, 0.3) is 0 Å². The molecule has 0 amide bonds. The molecule has 0 aliphatic carbocycles. The van der Waals surface area contributed by atoms with Crippen molar-refractivity contribution in [2.24, 2.45) is 0 Å². The number of unbranched alkanes of at least 4 members (excludes halogenated alkanes) is 18. The third-order valence-corrected chi connectivity index (χ3v) is 12.7. The Morgan fingerprint density at radius 2 is 0.500 bits per heavy atom. The van der Waals surface area contributed by atoms with E-state index < -0.39 is 6.10 Å². The van der Waals surface area contributed by atoms with E-state index in [1.807, 2.05) is 0 Å². The predicted molar refractivity (Wildman–Crippen MR) is 338 cm³/mol. The van der Waals surface area contributed by atoms with Gasteiger partial charge in [0.2, 0.25) is 0 Å². The molecule has 0 rings (SSSR count). The van der Waals surface area contributed by atoms with Gasteiger partial charge in [-0.15, -0.1) is 0 Å². The van der Waals surface area contributed by atoms with Crippen LogP contribution in [0.4, 0.5) is 0 Å². The molecule has 0 saturated heterocycles. The normalized spacial score (nSPS) is 13.2. The molecule has 1 atom stereocenters. The molecular formula is C72H114O6. The van der Waals surface area contributed by atoms with E-state index in [9.17, 15) is 14.4 Å². The summed E-state index contributed by atoms with van der Waals surface area (Å²) >= 11 is 0. The molecule has 0 bridgehead atoms. The van der Waals surface area contributed by atoms with Crippen LogP contribution in [-0.2, 0) is 28.6 Å². The molecule has 0 N–H and O–H groups in total. The molecule has 0 aromatic heterocycles. The van der Waals surface area contributed by atoms with Gasteiger partial charge in [0.05, 0.1) is 0 Å². The van der Waals surface area contributed by atoms with Crippen LogP contribution in [0.15, 0.2) is 158 Å². The Morgan fingerprint density at radius 3 is 0.821 bits per heavy atom. The molecule has 0 aromatic rings. The quantitative estimate of drug-likeness (QED) is 0.0261. The van der Waals surface area contributed by atoms with Crippen molar-refractivity contribution in [2.45, 2.75) is 264 Å². The molecule has 0 heterocycles. The fourth-order valence-electron chi connectivity index (χ4n) is 8.09. The highest BCUT2D eigenvalue weighted by molar-refractivity contribution is 5.71. The van der Waals surface area contributed by atoms with E-state index in [2.05, 4.69) is 179 Å². The van der Waals surface area contributed by atoms with E-state index >= 15 is 0 Å². The number of rotatable bonds is 55. The number of allylic oxidation sites excluding steroid dienone is 26. The highest BCUT2D eigenvalue weighted by Crippen LogP contribution is 2.14. The summed E-state index contributed by atoms with van der Waals surface area (Å²) in [4.78, 5) is 38.3. The van der Waals surface area contributed by atoms with Crippen molar-refractivity contribution >= 4 is 17.9 Å². The number of hydrogen-bond donors (Lipinski definition) is 0. The number of carbonyl (C=O) groups is 3. The van der Waals surface area contributed by atoms with Crippen molar-refractivity contribution in [2.75, 3.05) is 13.2 Å². The second-order valence-electron chi connectivity index (χ2n) is 20.2. The first-order chi connectivity index (χ1) is 38.5. The van der Waals surface area contributed by atoms with E-state index in [4.69, 9.17) is 14.2 Å². The molecule has 0 fully saturated rings. The molecule has 6 heteroatoms. The Kier molecular flexibility index (Phi) is 60.4. The van der Waals surface area contributed by atoms with Crippen molar-refractivity contribution in [3.8, 4) is 0 Å². The first-order valence-electron chi connectivity index (χ1n) is 31.5. The van der Waals surface area contributed by atoms with Crippen LogP contribution in [0.3, 0.4) is 0 Å². The number of carbonyl (C=O) groups excluding carboxylic acids is 3. The maximum Gasteiger partial charge on any atom is 0.306 e. The smallest absolute Gasteiger partial charge is 0.306 e. The number of ether oxygens (including phenoxy) is 3. The predicted octanol–water partition coefficient (Wildman–Crippen LogP) is 21.7. The van der Waals surface area contributed by atoms with Gasteiger partial charge in [-0.3, -0.25) is 14.4 Å². The number of hydrogen-bond acceptors (Lipinski definition) is 6. The summed E-state index contributed by atoms with van der Waals surface area (Å²) in [5.74, 6) is -0.972. The van der Waals surface area contributed by atoms with Crippen LogP contribution in [0, 0.1) is 0 Å².